The van der Waals surface area contributed by atoms with Gasteiger partial charge in [0.15, 0.2) is 5.78 Å². The molecule has 1 atom stereocenters. The van der Waals surface area contributed by atoms with Gasteiger partial charge in [0, 0.05) is 18.1 Å². The van der Waals surface area contributed by atoms with Gasteiger partial charge >= 0.3 is 0 Å². The fourth-order valence-electron chi connectivity index (χ4n) is 1.36. The van der Waals surface area contributed by atoms with Crippen LogP contribution in [-0.4, -0.2) is 37.2 Å². The molecule has 1 aromatic rings. The first-order valence-corrected chi connectivity index (χ1v) is 8.60. The average Bonchev–Trinajstić information content (AvgIpc) is 2.26. The number of ketones is 1. The molecule has 1 rings (SSSR count). The van der Waals surface area contributed by atoms with Gasteiger partial charge in [0.25, 0.3) is 0 Å². The van der Waals surface area contributed by atoms with Crippen molar-refractivity contribution < 1.29 is 22.0 Å². The number of thioether (sulfide) groups is 1. The van der Waals surface area contributed by atoms with E-state index in [1.54, 1.807) is 6.92 Å². The number of sulfone groups is 1. The molecule has 0 aliphatic rings. The van der Waals surface area contributed by atoms with Crippen molar-refractivity contribution in [3.63, 3.8) is 0 Å². The van der Waals surface area contributed by atoms with Crippen LogP contribution in [0, 0.1) is 11.6 Å². The Hall–Kier alpha value is -0.950. The highest BCUT2D eigenvalue weighted by atomic mass is 32.2. The Kier molecular flexibility index (Phi) is 5.49. The molecule has 19 heavy (non-hydrogen) atoms. The molecule has 0 aliphatic carbocycles. The molecule has 106 valence electrons. The van der Waals surface area contributed by atoms with Crippen LogP contribution in [0.5, 0.6) is 0 Å². The van der Waals surface area contributed by atoms with Gasteiger partial charge in [-0.1, -0.05) is 0 Å². The van der Waals surface area contributed by atoms with Gasteiger partial charge in [0.2, 0.25) is 0 Å². The Balaban J connectivity index is 2.67. The number of rotatable bonds is 6. The minimum Gasteiger partial charge on any atom is -0.293 e. The maximum Gasteiger partial charge on any atom is 0.178 e. The molecule has 0 saturated carbocycles. The number of carbonyl (C=O) groups excluding carboxylic acids is 1. The SMILES string of the molecule is CC(SCCS(C)(=O)=O)C(=O)c1ccc(F)cc1F. The molecule has 0 amide bonds. The summed E-state index contributed by atoms with van der Waals surface area (Å²) in [5, 5.41) is -0.582. The van der Waals surface area contributed by atoms with Crippen LogP contribution in [0.4, 0.5) is 8.78 Å². The van der Waals surface area contributed by atoms with E-state index in [1.807, 2.05) is 0 Å². The molecule has 0 bridgehead atoms. The summed E-state index contributed by atoms with van der Waals surface area (Å²) in [5.74, 6) is -1.90. The van der Waals surface area contributed by atoms with E-state index in [4.69, 9.17) is 0 Å². The van der Waals surface area contributed by atoms with Crippen LogP contribution >= 0.6 is 11.8 Å². The highest BCUT2D eigenvalue weighted by Gasteiger charge is 2.20. The summed E-state index contributed by atoms with van der Waals surface area (Å²) in [7, 11) is -3.08. The quantitative estimate of drug-likeness (QED) is 0.757. The van der Waals surface area contributed by atoms with Gasteiger partial charge in [0.05, 0.1) is 16.6 Å². The Morgan fingerprint density at radius 2 is 2.00 bits per heavy atom. The zero-order valence-corrected chi connectivity index (χ0v) is 12.2. The molecule has 1 unspecified atom stereocenters. The van der Waals surface area contributed by atoms with Gasteiger partial charge in [-0.15, -0.1) is 11.8 Å². The Labute approximate surface area is 115 Å². The Morgan fingerprint density at radius 1 is 1.37 bits per heavy atom. The van der Waals surface area contributed by atoms with Gasteiger partial charge < -0.3 is 0 Å². The first-order valence-electron chi connectivity index (χ1n) is 5.49. The average molecular weight is 308 g/mol. The van der Waals surface area contributed by atoms with Crippen LogP contribution in [0.25, 0.3) is 0 Å². The smallest absolute Gasteiger partial charge is 0.178 e. The minimum atomic E-state index is -3.08. The molecule has 0 aliphatic heterocycles. The summed E-state index contributed by atoms with van der Waals surface area (Å²) < 4.78 is 48.0. The number of halogens is 2. The number of hydrogen-bond acceptors (Lipinski definition) is 4. The van der Waals surface area contributed by atoms with Gasteiger partial charge in [-0.05, 0) is 19.1 Å². The molecule has 0 saturated heterocycles. The van der Waals surface area contributed by atoms with Crippen molar-refractivity contribution in [2.45, 2.75) is 12.2 Å². The van der Waals surface area contributed by atoms with Gasteiger partial charge in [-0.2, -0.15) is 0 Å². The predicted octanol–water partition coefficient (Wildman–Crippen LogP) is 2.31. The van der Waals surface area contributed by atoms with Crippen LogP contribution in [0.3, 0.4) is 0 Å². The fourth-order valence-corrected chi connectivity index (χ4v) is 3.59. The van der Waals surface area contributed by atoms with Crippen molar-refractivity contribution in [1.29, 1.82) is 0 Å². The molecular formula is C12H14F2O3S2. The second kappa shape index (κ2) is 6.47. The molecule has 0 heterocycles. The molecule has 7 heteroatoms. The summed E-state index contributed by atoms with van der Waals surface area (Å²) in [4.78, 5) is 11.9. The largest absolute Gasteiger partial charge is 0.293 e. The van der Waals surface area contributed by atoms with Crippen LogP contribution in [0.1, 0.15) is 17.3 Å². The van der Waals surface area contributed by atoms with E-state index in [0.717, 1.165) is 30.2 Å². The highest BCUT2D eigenvalue weighted by Crippen LogP contribution is 2.19. The summed E-state index contributed by atoms with van der Waals surface area (Å²) >= 11 is 1.13. The lowest BCUT2D eigenvalue weighted by molar-refractivity contribution is 0.0990. The van der Waals surface area contributed by atoms with Crippen LogP contribution in [-0.2, 0) is 9.84 Å². The van der Waals surface area contributed by atoms with E-state index in [0.29, 0.717) is 6.07 Å². The van der Waals surface area contributed by atoms with E-state index in [9.17, 15) is 22.0 Å². The number of hydrogen-bond donors (Lipinski definition) is 0. The zero-order chi connectivity index (χ0) is 14.6. The third kappa shape index (κ3) is 5.28. The minimum absolute atomic E-state index is 0.0405. The van der Waals surface area contributed by atoms with Gasteiger partial charge in [-0.3, -0.25) is 4.79 Å². The number of Topliss-reactive ketones (excluding diaryl/α,β-unsaturated/α-hetero) is 1. The lowest BCUT2D eigenvalue weighted by atomic mass is 10.1. The Morgan fingerprint density at radius 3 is 2.53 bits per heavy atom. The molecule has 0 aromatic heterocycles. The molecule has 0 spiro atoms. The normalized spacial score (nSPS) is 13.3. The molecule has 1 aromatic carbocycles. The molecule has 3 nitrogen and oxygen atoms in total. The van der Waals surface area contributed by atoms with E-state index in [1.165, 1.54) is 0 Å². The van der Waals surface area contributed by atoms with Crippen LogP contribution in [0.2, 0.25) is 0 Å². The van der Waals surface area contributed by atoms with Crippen molar-refractivity contribution in [1.82, 2.24) is 0 Å². The summed E-state index contributed by atoms with van der Waals surface area (Å²) in [6.07, 6.45) is 1.11. The Bertz CT molecular complexity index is 570. The van der Waals surface area contributed by atoms with Gasteiger partial charge in [0.1, 0.15) is 21.5 Å². The lowest BCUT2D eigenvalue weighted by Crippen LogP contribution is -2.17. The highest BCUT2D eigenvalue weighted by molar-refractivity contribution is 8.01. The standard InChI is InChI=1S/C12H14F2O3S2/c1-8(18-5-6-19(2,16)17)12(15)10-4-3-9(13)7-11(10)14/h3-4,7-8H,5-6H2,1-2H3. The fraction of sp³-hybridized carbons (Fsp3) is 0.417. The van der Waals surface area contributed by atoms with Crippen molar-refractivity contribution in [2.24, 2.45) is 0 Å². The summed E-state index contributed by atoms with van der Waals surface area (Å²) in [6.45, 7) is 1.57. The van der Waals surface area contributed by atoms with Crippen molar-refractivity contribution >= 4 is 27.4 Å². The summed E-state index contributed by atoms with van der Waals surface area (Å²) in [5.41, 5.74) is -0.180. The van der Waals surface area contributed by atoms with Crippen LogP contribution < -0.4 is 0 Å². The lowest BCUT2D eigenvalue weighted by Gasteiger charge is -2.10. The monoisotopic (exact) mass is 308 g/mol. The molecule has 0 radical (unpaired) electrons. The summed E-state index contributed by atoms with van der Waals surface area (Å²) in [6, 6.07) is 2.77. The maximum absolute atomic E-state index is 13.4. The van der Waals surface area contributed by atoms with Gasteiger partial charge in [-0.25, -0.2) is 17.2 Å². The second-order valence-corrected chi connectivity index (χ2v) is 7.84. The van der Waals surface area contributed by atoms with Crippen molar-refractivity contribution in [2.75, 3.05) is 17.8 Å². The molecule has 0 fully saturated rings. The van der Waals surface area contributed by atoms with E-state index < -0.39 is 32.5 Å². The second-order valence-electron chi connectivity index (χ2n) is 4.13. The van der Waals surface area contributed by atoms with E-state index >= 15 is 0 Å². The predicted molar refractivity (Wildman–Crippen MR) is 72.3 cm³/mol. The topological polar surface area (TPSA) is 51.2 Å². The maximum atomic E-state index is 13.4. The van der Waals surface area contributed by atoms with Crippen molar-refractivity contribution in [3.05, 3.63) is 35.4 Å². The number of benzene rings is 1. The molecule has 0 N–H and O–H groups in total. The number of carbonyl (C=O) groups is 1. The third-order valence-electron chi connectivity index (χ3n) is 2.39. The van der Waals surface area contributed by atoms with Crippen molar-refractivity contribution in [3.8, 4) is 0 Å². The van der Waals surface area contributed by atoms with E-state index in [2.05, 4.69) is 0 Å². The van der Waals surface area contributed by atoms with Crippen LogP contribution in [0.15, 0.2) is 18.2 Å². The first kappa shape index (κ1) is 16.1. The zero-order valence-electron chi connectivity index (χ0n) is 10.5. The molecular weight excluding hydrogens is 294 g/mol. The van der Waals surface area contributed by atoms with E-state index in [-0.39, 0.29) is 17.1 Å². The first-order chi connectivity index (χ1) is 8.70. The third-order valence-corrected chi connectivity index (χ3v) is 4.75.